The number of hydrazone groups is 1. The number of piperidine rings is 3. The van der Waals surface area contributed by atoms with E-state index < -0.39 is 11.6 Å². The molecule has 23 heteroatoms. The van der Waals surface area contributed by atoms with Crippen molar-refractivity contribution in [2.24, 2.45) is 5.10 Å². The molecule has 0 radical (unpaired) electrons. The number of nitrogens with one attached hydrogen (secondary N) is 2. The van der Waals surface area contributed by atoms with Gasteiger partial charge in [-0.25, -0.2) is 20.1 Å². The molecule has 10 rings (SSSR count). The second-order valence-corrected chi connectivity index (χ2v) is 25.7. The fraction of sp³-hybridized carbons (Fsp3) is 0.466. The van der Waals surface area contributed by atoms with E-state index in [1.165, 1.54) is 119 Å². The molecule has 527 valence electrons. The van der Waals surface area contributed by atoms with E-state index in [0.717, 1.165) is 111 Å². The van der Waals surface area contributed by atoms with E-state index in [2.05, 4.69) is 140 Å². The van der Waals surface area contributed by atoms with E-state index in [4.69, 9.17) is 10.00 Å². The molecule has 2 amide bonds. The number of anilines is 4. The average molecular weight is 1410 g/mol. The summed E-state index contributed by atoms with van der Waals surface area (Å²) in [5.41, 5.74) is 17.0. The van der Waals surface area contributed by atoms with Crippen LogP contribution in [0, 0.1) is 46.5 Å². The molecular weight excluding hydrogens is 1310 g/mol. The minimum absolute atomic E-state index is 0. The van der Waals surface area contributed by atoms with Gasteiger partial charge >= 0.3 is 51.4 Å². The first-order valence-electron chi connectivity index (χ1n) is 32.2. The number of halogens is 2. The van der Waals surface area contributed by atoms with Crippen LogP contribution in [-0.2, 0) is 41.7 Å². The van der Waals surface area contributed by atoms with Gasteiger partial charge in [-0.2, -0.15) is 15.5 Å². The van der Waals surface area contributed by atoms with Crippen molar-refractivity contribution in [2.75, 3.05) is 99.3 Å². The van der Waals surface area contributed by atoms with Gasteiger partial charge in [0, 0.05) is 143 Å². The van der Waals surface area contributed by atoms with Crippen molar-refractivity contribution in [1.29, 1.82) is 5.26 Å². The molecule has 0 unspecified atom stereocenters. The monoisotopic (exact) mass is 1410 g/mol. The predicted octanol–water partition coefficient (Wildman–Crippen LogP) is 14.0. The maximum absolute atomic E-state index is 12.3. The van der Waals surface area contributed by atoms with E-state index in [0.29, 0.717) is 38.2 Å². The number of H-pyrrole nitrogens is 1. The molecule has 6 heterocycles. The summed E-state index contributed by atoms with van der Waals surface area (Å²) in [6.07, 6.45) is 15.0. The van der Waals surface area contributed by atoms with Gasteiger partial charge in [0.2, 0.25) is 5.91 Å². The van der Waals surface area contributed by atoms with E-state index in [9.17, 15) is 33.6 Å². The quantitative estimate of drug-likeness (QED) is 0.0224. The zero-order valence-electron chi connectivity index (χ0n) is 57.9. The van der Waals surface area contributed by atoms with Gasteiger partial charge in [-0.05, 0) is 201 Å². The maximum atomic E-state index is 12.3. The fourth-order valence-electron chi connectivity index (χ4n) is 11.2. The van der Waals surface area contributed by atoms with Crippen molar-refractivity contribution >= 4 is 84.7 Å². The summed E-state index contributed by atoms with van der Waals surface area (Å²) in [5.74, 6) is -0.843. The molecule has 0 saturated carbocycles. The molecule has 4 aromatic carbocycles. The summed E-state index contributed by atoms with van der Waals surface area (Å²) in [6.45, 7) is 28.0. The van der Waals surface area contributed by atoms with Crippen LogP contribution in [0.4, 0.5) is 27.5 Å². The van der Waals surface area contributed by atoms with E-state index >= 15 is 0 Å². The Bertz CT molecular complexity index is 3410. The zero-order valence-corrected chi connectivity index (χ0v) is 60.4. The van der Waals surface area contributed by atoms with Crippen molar-refractivity contribution in [3.05, 3.63) is 154 Å². The van der Waals surface area contributed by atoms with Crippen LogP contribution in [0.2, 0.25) is 0 Å². The second kappa shape index (κ2) is 43.9. The average Bonchev–Trinajstić information content (AvgIpc) is 0.861. The summed E-state index contributed by atoms with van der Waals surface area (Å²) in [5, 5.41) is 18.0. The van der Waals surface area contributed by atoms with Gasteiger partial charge in [0.1, 0.15) is 11.9 Å². The Hall–Kier alpha value is -8.02. The molecule has 0 bridgehead atoms. The van der Waals surface area contributed by atoms with Crippen LogP contribution >= 0.6 is 20.2 Å². The number of ether oxygens (including phenoxy) is 3. The van der Waals surface area contributed by atoms with Crippen LogP contribution in [0.1, 0.15) is 160 Å². The van der Waals surface area contributed by atoms with Gasteiger partial charge in [-0.3, -0.25) is 24.0 Å². The van der Waals surface area contributed by atoms with Crippen molar-refractivity contribution in [2.45, 2.75) is 144 Å². The van der Waals surface area contributed by atoms with Crippen LogP contribution in [0.3, 0.4) is 0 Å². The number of amides is 2. The molecule has 0 atom stereocenters. The van der Waals surface area contributed by atoms with Gasteiger partial charge in [0.25, 0.3) is 5.56 Å². The summed E-state index contributed by atoms with van der Waals surface area (Å²) in [6, 6.07) is 29.5. The van der Waals surface area contributed by atoms with Gasteiger partial charge in [0.15, 0.2) is 5.78 Å². The number of hydrogen-bond acceptors (Lipinski definition) is 17. The number of nitriles is 1. The molecule has 0 spiro atoms. The summed E-state index contributed by atoms with van der Waals surface area (Å²) >= 11 is 0.757. The van der Waals surface area contributed by atoms with Gasteiger partial charge in [0.05, 0.1) is 38.1 Å². The Balaban J connectivity index is 0.000000319. The van der Waals surface area contributed by atoms with Crippen LogP contribution in [0.5, 0.6) is 0 Å². The first kappa shape index (κ1) is 82.2. The van der Waals surface area contributed by atoms with Crippen LogP contribution < -0.4 is 30.6 Å². The third kappa shape index (κ3) is 28.4. The topological polar surface area (TPSA) is 240 Å². The number of hydrogen-bond donors (Lipinski definition) is 2. The Morgan fingerprint density at radius 1 is 0.635 bits per heavy atom. The number of Topliss-reactive ketones (excluding diaryl/α,β-unsaturated/α-hetero) is 1. The molecule has 2 N–H and O–H groups in total. The number of benzene rings is 4. The van der Waals surface area contributed by atoms with Crippen molar-refractivity contribution < 1.29 is 56.1 Å². The molecule has 5 aliphatic rings. The van der Waals surface area contributed by atoms with Crippen molar-refractivity contribution in [3.8, 4) is 17.3 Å². The number of rotatable bonds is 12. The van der Waals surface area contributed by atoms with E-state index in [-0.39, 0.29) is 49.6 Å². The Morgan fingerprint density at radius 3 is 1.49 bits per heavy atom. The third-order valence-corrected chi connectivity index (χ3v) is 16.0. The van der Waals surface area contributed by atoms with Crippen LogP contribution in [0.15, 0.2) is 107 Å². The Kier molecular flexibility index (Phi) is 37.6. The predicted molar refractivity (Wildman–Crippen MR) is 383 cm³/mol. The van der Waals surface area contributed by atoms with Crippen LogP contribution in [-0.4, -0.2) is 142 Å². The van der Waals surface area contributed by atoms with Crippen molar-refractivity contribution in [3.63, 3.8) is 0 Å². The number of ketones is 1. The zero-order chi connectivity index (χ0) is 69.9. The first-order chi connectivity index (χ1) is 45.5. The van der Waals surface area contributed by atoms with Gasteiger partial charge in [-0.1, -0.05) is 18.7 Å². The number of aromatic nitrogens is 2. The molecule has 1 aromatic heterocycles. The number of aryl methyl sites for hydroxylation is 4. The molecule has 20 nitrogen and oxygen atoms in total. The number of aromatic amines is 1. The van der Waals surface area contributed by atoms with Crippen molar-refractivity contribution in [1.82, 2.24) is 20.5 Å². The number of methoxy groups -OCH3 is 2. The fourth-order valence-corrected chi connectivity index (χ4v) is 11.2. The summed E-state index contributed by atoms with van der Waals surface area (Å²) in [4.78, 5) is 89.6. The molecule has 0 aliphatic carbocycles. The number of carbonyl (C=O) groups excluding carboxylic acids is 6. The Labute approximate surface area is 583 Å². The number of piperazine rings is 1. The molecular formula is C73H99Cl2CuN10O10-. The number of nitrogens with zero attached hydrogens (tertiary/aromatic N) is 8. The number of carbonyl (C=O) groups is 6. The molecule has 4 saturated heterocycles. The van der Waals surface area contributed by atoms with E-state index in [1.807, 2.05) is 52.0 Å². The van der Waals surface area contributed by atoms with E-state index in [1.54, 1.807) is 23.1 Å². The standard InChI is InChI=1S/C21H30N2O5.C16H21N3O.C16H19N3O.C13H17NO.C4H6O2.C2H3N.CH3.2ClH.Cu/c1-15-14-16(18(24)8-9-19(25)27-5)6-7-17(15)22-10-12-23(13-11-22)20(26)28-21(2,3)4;2*1-12-11-13(14-6-8-16(20)18-17-14)5-7-15(12)19-9-3-2-4-10-19;1-11-9-12(10-15)5-6-13(11)14-7-3-2-4-8-14;1-3-4(5)6-2;1-2-3;;;;/h6-7,14H,8-13H2,1-5H3;5,7,11H,2-4,6,8-10H2,1H3,(H,18,20);5-8,11H,2-4,9-10H2,1H3,(H,18,20);5-6,9-10H,2-4,7-8H2,1H3;3H,1H2,2H3;1H3;1H3;2*1H;/q;;;;;;-1;;;+2/p-2. The van der Waals surface area contributed by atoms with Gasteiger partial charge < -0.3 is 46.1 Å². The molecule has 96 heavy (non-hydrogen) atoms. The molecule has 5 aromatic rings. The SMILES string of the molecule is C=CC(=O)OC.CC#N.COC(=O)CCC(=O)c1ccc(N2CCN(C(=O)OC(C)(C)C)CC2)c(C)c1.Cc1cc(-c2ccc(=O)[nH]n2)ccc1N1CCCCC1.Cc1cc(C2=NNC(=O)CC2)ccc1N1CCCCC1.Cc1cc(C=O)ccc1N1CCCCC1.[CH3-].[Cl][Cu][Cl]. The van der Waals surface area contributed by atoms with Gasteiger partial charge in [-0.15, -0.1) is 0 Å². The second-order valence-electron chi connectivity index (χ2n) is 24.2. The third-order valence-electron chi connectivity index (χ3n) is 16.0. The van der Waals surface area contributed by atoms with Crippen LogP contribution in [0.25, 0.3) is 11.3 Å². The molecule has 5 aliphatic heterocycles. The first-order valence-corrected chi connectivity index (χ1v) is 34.8. The normalized spacial score (nSPS) is 14.8. The number of esters is 2. The minimum atomic E-state index is -0.499. The summed E-state index contributed by atoms with van der Waals surface area (Å²) in [7, 11) is 12.0. The summed E-state index contributed by atoms with van der Waals surface area (Å²) < 4.78 is 14.1. The number of aldehydes is 1. The molecule has 4 fully saturated rings. The Morgan fingerprint density at radius 2 is 1.09 bits per heavy atom.